The van der Waals surface area contributed by atoms with Crippen LogP contribution in [0.1, 0.15) is 32.6 Å². The quantitative estimate of drug-likeness (QED) is 0.822. The monoisotopic (exact) mass is 233 g/mol. The molecule has 1 amide bonds. The predicted molar refractivity (Wildman–Crippen MR) is 69.0 cm³/mol. The summed E-state index contributed by atoms with van der Waals surface area (Å²) in [7, 11) is 0. The molecule has 0 spiro atoms. The number of nitrogens with one attached hydrogen (secondary N) is 2. The van der Waals surface area contributed by atoms with Crippen molar-refractivity contribution in [2.75, 3.05) is 17.2 Å². The molecule has 1 aliphatic carbocycles. The van der Waals surface area contributed by atoms with Gasteiger partial charge in [-0.2, -0.15) is 0 Å². The summed E-state index contributed by atoms with van der Waals surface area (Å²) < 4.78 is 0. The van der Waals surface area contributed by atoms with Gasteiger partial charge in [-0.25, -0.2) is 4.98 Å². The smallest absolute Gasteiger partial charge is 0.228 e. The van der Waals surface area contributed by atoms with Gasteiger partial charge in [0.1, 0.15) is 5.82 Å². The molecular weight excluding hydrogens is 214 g/mol. The summed E-state index contributed by atoms with van der Waals surface area (Å²) in [5.74, 6) is 0.955. The van der Waals surface area contributed by atoms with Crippen molar-refractivity contribution in [3.05, 3.63) is 18.3 Å². The van der Waals surface area contributed by atoms with Crippen LogP contribution in [0.5, 0.6) is 0 Å². The van der Waals surface area contributed by atoms with Gasteiger partial charge < -0.3 is 10.6 Å². The molecule has 1 aromatic heterocycles. The largest absolute Gasteiger partial charge is 0.384 e. The summed E-state index contributed by atoms with van der Waals surface area (Å²) in [4.78, 5) is 15.9. The van der Waals surface area contributed by atoms with Crippen LogP contribution in [0.4, 0.5) is 11.5 Å². The van der Waals surface area contributed by atoms with Gasteiger partial charge in [-0.05, 0) is 31.4 Å². The SMILES string of the molecule is CCCNc1ccc(NC(=O)C2CCC2)nc1. The molecule has 4 heteroatoms. The third kappa shape index (κ3) is 3.19. The van der Waals surface area contributed by atoms with Crippen molar-refractivity contribution in [2.45, 2.75) is 32.6 Å². The van der Waals surface area contributed by atoms with Crippen LogP contribution >= 0.6 is 0 Å². The van der Waals surface area contributed by atoms with E-state index in [2.05, 4.69) is 22.5 Å². The van der Waals surface area contributed by atoms with E-state index < -0.39 is 0 Å². The molecule has 4 nitrogen and oxygen atoms in total. The van der Waals surface area contributed by atoms with E-state index in [1.807, 2.05) is 12.1 Å². The minimum Gasteiger partial charge on any atom is -0.384 e. The molecule has 1 saturated carbocycles. The Morgan fingerprint density at radius 3 is 2.82 bits per heavy atom. The van der Waals surface area contributed by atoms with Crippen LogP contribution in [-0.4, -0.2) is 17.4 Å². The van der Waals surface area contributed by atoms with Crippen LogP contribution in [0.25, 0.3) is 0 Å². The number of carbonyl (C=O) groups is 1. The Balaban J connectivity index is 1.86. The number of aromatic nitrogens is 1. The molecule has 2 N–H and O–H groups in total. The van der Waals surface area contributed by atoms with Crippen molar-refractivity contribution in [1.82, 2.24) is 4.98 Å². The fourth-order valence-electron chi connectivity index (χ4n) is 1.74. The van der Waals surface area contributed by atoms with Crippen LogP contribution in [0.2, 0.25) is 0 Å². The Morgan fingerprint density at radius 1 is 1.47 bits per heavy atom. The summed E-state index contributed by atoms with van der Waals surface area (Å²) in [5, 5.41) is 6.09. The second-order valence-electron chi connectivity index (χ2n) is 4.48. The molecular formula is C13H19N3O. The van der Waals surface area contributed by atoms with Gasteiger partial charge in [0.05, 0.1) is 11.9 Å². The zero-order valence-electron chi connectivity index (χ0n) is 10.2. The number of pyridine rings is 1. The molecule has 92 valence electrons. The first kappa shape index (κ1) is 11.9. The molecule has 17 heavy (non-hydrogen) atoms. The normalized spacial score (nSPS) is 15.1. The minimum absolute atomic E-state index is 0.109. The van der Waals surface area contributed by atoms with Crippen molar-refractivity contribution in [3.8, 4) is 0 Å². The lowest BCUT2D eigenvalue weighted by atomic mass is 9.85. The highest BCUT2D eigenvalue weighted by Gasteiger charge is 2.25. The maximum absolute atomic E-state index is 11.7. The Hall–Kier alpha value is -1.58. The molecule has 0 radical (unpaired) electrons. The molecule has 1 heterocycles. The summed E-state index contributed by atoms with van der Waals surface area (Å²) in [6.45, 7) is 3.06. The fraction of sp³-hybridized carbons (Fsp3) is 0.538. The van der Waals surface area contributed by atoms with Gasteiger partial charge in [0, 0.05) is 12.5 Å². The number of rotatable bonds is 5. The van der Waals surface area contributed by atoms with Crippen molar-refractivity contribution in [1.29, 1.82) is 0 Å². The fourth-order valence-corrected chi connectivity index (χ4v) is 1.74. The van der Waals surface area contributed by atoms with E-state index in [1.165, 1.54) is 6.42 Å². The molecule has 1 fully saturated rings. The number of amides is 1. The van der Waals surface area contributed by atoms with E-state index in [0.29, 0.717) is 5.82 Å². The summed E-state index contributed by atoms with van der Waals surface area (Å²) in [6.07, 6.45) is 6.04. The number of hydrogen-bond donors (Lipinski definition) is 2. The average Bonchev–Trinajstić information content (AvgIpc) is 2.26. The lowest BCUT2D eigenvalue weighted by Crippen LogP contribution is -2.28. The van der Waals surface area contributed by atoms with E-state index in [9.17, 15) is 4.79 Å². The highest BCUT2D eigenvalue weighted by molar-refractivity contribution is 5.92. The van der Waals surface area contributed by atoms with Crippen LogP contribution < -0.4 is 10.6 Å². The van der Waals surface area contributed by atoms with Crippen LogP contribution in [0.15, 0.2) is 18.3 Å². The maximum atomic E-state index is 11.7. The topological polar surface area (TPSA) is 54.0 Å². The molecule has 1 aromatic rings. The van der Waals surface area contributed by atoms with E-state index >= 15 is 0 Å². The molecule has 0 saturated heterocycles. The van der Waals surface area contributed by atoms with Crippen molar-refractivity contribution < 1.29 is 4.79 Å². The lowest BCUT2D eigenvalue weighted by molar-refractivity contribution is -0.122. The zero-order valence-corrected chi connectivity index (χ0v) is 10.2. The molecule has 0 unspecified atom stereocenters. The molecule has 1 aliphatic rings. The van der Waals surface area contributed by atoms with Crippen molar-refractivity contribution in [3.63, 3.8) is 0 Å². The first-order chi connectivity index (χ1) is 8.29. The Kier molecular flexibility index (Phi) is 3.96. The van der Waals surface area contributed by atoms with Crippen LogP contribution in [0, 0.1) is 5.92 Å². The molecule has 2 rings (SSSR count). The molecule has 0 bridgehead atoms. The second-order valence-corrected chi connectivity index (χ2v) is 4.48. The molecule has 0 atom stereocenters. The third-order valence-electron chi connectivity index (χ3n) is 3.07. The van der Waals surface area contributed by atoms with Gasteiger partial charge in [0.15, 0.2) is 0 Å². The number of hydrogen-bond acceptors (Lipinski definition) is 3. The van der Waals surface area contributed by atoms with Gasteiger partial charge in [-0.15, -0.1) is 0 Å². The van der Waals surface area contributed by atoms with Gasteiger partial charge in [-0.1, -0.05) is 13.3 Å². The second kappa shape index (κ2) is 5.66. The van der Waals surface area contributed by atoms with E-state index in [0.717, 1.165) is 31.5 Å². The van der Waals surface area contributed by atoms with E-state index in [1.54, 1.807) is 6.20 Å². The number of carbonyl (C=O) groups excluding carboxylic acids is 1. The van der Waals surface area contributed by atoms with Crippen molar-refractivity contribution in [2.24, 2.45) is 5.92 Å². The summed E-state index contributed by atoms with van der Waals surface area (Å²) >= 11 is 0. The average molecular weight is 233 g/mol. The van der Waals surface area contributed by atoms with Gasteiger partial charge >= 0.3 is 0 Å². The van der Waals surface area contributed by atoms with E-state index in [4.69, 9.17) is 0 Å². The Bertz CT molecular complexity index is 371. The van der Waals surface area contributed by atoms with Gasteiger partial charge in [0.25, 0.3) is 0 Å². The molecule has 0 aliphatic heterocycles. The minimum atomic E-state index is 0.109. The van der Waals surface area contributed by atoms with E-state index in [-0.39, 0.29) is 11.8 Å². The zero-order chi connectivity index (χ0) is 12.1. The van der Waals surface area contributed by atoms with Gasteiger partial charge in [0.2, 0.25) is 5.91 Å². The summed E-state index contributed by atoms with van der Waals surface area (Å²) in [5.41, 5.74) is 0.994. The van der Waals surface area contributed by atoms with Crippen molar-refractivity contribution >= 4 is 17.4 Å². The van der Waals surface area contributed by atoms with Gasteiger partial charge in [-0.3, -0.25) is 4.79 Å². The third-order valence-corrected chi connectivity index (χ3v) is 3.07. The standard InChI is InChI=1S/C13H19N3O/c1-2-8-14-11-6-7-12(15-9-11)16-13(17)10-4-3-5-10/h6-7,9-10,14H,2-5,8H2,1H3,(H,15,16,17). The Morgan fingerprint density at radius 2 is 2.29 bits per heavy atom. The highest BCUT2D eigenvalue weighted by Crippen LogP contribution is 2.27. The first-order valence-corrected chi connectivity index (χ1v) is 6.30. The maximum Gasteiger partial charge on any atom is 0.228 e. The number of anilines is 2. The summed E-state index contributed by atoms with van der Waals surface area (Å²) in [6, 6.07) is 3.79. The lowest BCUT2D eigenvalue weighted by Gasteiger charge is -2.23. The van der Waals surface area contributed by atoms with Crippen LogP contribution in [0.3, 0.4) is 0 Å². The predicted octanol–water partition coefficient (Wildman–Crippen LogP) is 2.64. The highest BCUT2D eigenvalue weighted by atomic mass is 16.2. The molecule has 0 aromatic carbocycles. The first-order valence-electron chi connectivity index (χ1n) is 6.30. The Labute approximate surface area is 102 Å². The number of nitrogens with zero attached hydrogens (tertiary/aromatic N) is 1. The van der Waals surface area contributed by atoms with Crippen LogP contribution in [-0.2, 0) is 4.79 Å².